The van der Waals surface area contributed by atoms with Gasteiger partial charge in [-0.15, -0.1) is 0 Å². The number of thiazole rings is 1. The Morgan fingerprint density at radius 2 is 2.00 bits per heavy atom. The molecule has 2 rings (SSSR count). The maximum absolute atomic E-state index is 11.3. The average Bonchev–Trinajstić information content (AvgIpc) is 2.65. The summed E-state index contributed by atoms with van der Waals surface area (Å²) in [4.78, 5) is 18.7. The number of anilines is 1. The van der Waals surface area contributed by atoms with Crippen LogP contribution in [-0.2, 0) is 0 Å². The molecule has 0 N–H and O–H groups in total. The lowest BCUT2D eigenvalue weighted by atomic mass is 10.1. The molecule has 0 radical (unpaired) electrons. The molecule has 17 heavy (non-hydrogen) atoms. The summed E-state index contributed by atoms with van der Waals surface area (Å²) in [5, 5.41) is 0.988. The minimum absolute atomic E-state index is 0.114. The Morgan fingerprint density at radius 1 is 1.35 bits per heavy atom. The lowest BCUT2D eigenvalue weighted by Crippen LogP contribution is -2.30. The zero-order valence-electron chi connectivity index (χ0n) is 10.6. The second-order valence-electron chi connectivity index (χ2n) is 4.82. The van der Waals surface area contributed by atoms with Gasteiger partial charge in [0.05, 0.1) is 11.1 Å². The van der Waals surface area contributed by atoms with Crippen LogP contribution in [0.15, 0.2) is 6.20 Å². The zero-order valence-corrected chi connectivity index (χ0v) is 11.4. The predicted octanol–water partition coefficient (Wildman–Crippen LogP) is 3.50. The van der Waals surface area contributed by atoms with Crippen molar-refractivity contribution in [3.05, 3.63) is 11.1 Å². The van der Waals surface area contributed by atoms with Crippen molar-refractivity contribution in [2.75, 3.05) is 11.9 Å². The summed E-state index contributed by atoms with van der Waals surface area (Å²) in [5.41, 5.74) is 0. The molecule has 0 aliphatic heterocycles. The van der Waals surface area contributed by atoms with Gasteiger partial charge in [-0.1, -0.05) is 37.0 Å². The summed E-state index contributed by atoms with van der Waals surface area (Å²) in [6.45, 7) is 1.60. The van der Waals surface area contributed by atoms with Crippen molar-refractivity contribution >= 4 is 22.3 Å². The van der Waals surface area contributed by atoms with E-state index in [1.165, 1.54) is 49.9 Å². The highest BCUT2D eigenvalue weighted by Gasteiger charge is 2.19. The van der Waals surface area contributed by atoms with Crippen LogP contribution in [0, 0.1) is 0 Å². The van der Waals surface area contributed by atoms with Crippen molar-refractivity contribution in [1.82, 2.24) is 4.98 Å². The number of nitrogens with zero attached hydrogens (tertiary/aromatic N) is 2. The van der Waals surface area contributed by atoms with Crippen molar-refractivity contribution < 1.29 is 4.79 Å². The SMILES string of the molecule is CC(=O)c1cnc(N(C)C2CCCCCC2)s1. The number of carbonyl (C=O) groups excluding carboxylic acids is 1. The molecule has 0 saturated heterocycles. The van der Waals surface area contributed by atoms with E-state index >= 15 is 0 Å². The third-order valence-corrected chi connectivity index (χ3v) is 4.70. The first-order valence-corrected chi connectivity index (χ1v) is 7.19. The lowest BCUT2D eigenvalue weighted by molar-refractivity contribution is 0.102. The lowest BCUT2D eigenvalue weighted by Gasteiger charge is -2.26. The van der Waals surface area contributed by atoms with Gasteiger partial charge in [0.1, 0.15) is 0 Å². The normalized spacial score (nSPS) is 17.8. The van der Waals surface area contributed by atoms with Gasteiger partial charge in [0, 0.05) is 20.0 Å². The molecule has 1 fully saturated rings. The largest absolute Gasteiger partial charge is 0.348 e. The highest BCUT2D eigenvalue weighted by molar-refractivity contribution is 7.17. The molecule has 0 spiro atoms. The molecule has 0 aromatic carbocycles. The highest BCUT2D eigenvalue weighted by atomic mass is 32.1. The highest BCUT2D eigenvalue weighted by Crippen LogP contribution is 2.28. The Morgan fingerprint density at radius 3 is 2.53 bits per heavy atom. The minimum Gasteiger partial charge on any atom is -0.348 e. The van der Waals surface area contributed by atoms with E-state index in [0.717, 1.165) is 10.0 Å². The second-order valence-corrected chi connectivity index (χ2v) is 5.83. The van der Waals surface area contributed by atoms with E-state index < -0.39 is 0 Å². The van der Waals surface area contributed by atoms with E-state index in [1.54, 1.807) is 13.1 Å². The maximum atomic E-state index is 11.3. The van der Waals surface area contributed by atoms with Crippen molar-refractivity contribution in [3.63, 3.8) is 0 Å². The summed E-state index contributed by atoms with van der Waals surface area (Å²) >= 11 is 1.51. The van der Waals surface area contributed by atoms with Crippen molar-refractivity contribution in [3.8, 4) is 0 Å². The fourth-order valence-electron chi connectivity index (χ4n) is 2.39. The minimum atomic E-state index is 0.114. The average molecular weight is 252 g/mol. The third kappa shape index (κ3) is 3.06. The van der Waals surface area contributed by atoms with Crippen LogP contribution in [0.4, 0.5) is 5.13 Å². The van der Waals surface area contributed by atoms with E-state index in [4.69, 9.17) is 0 Å². The zero-order chi connectivity index (χ0) is 12.3. The first kappa shape index (κ1) is 12.6. The van der Waals surface area contributed by atoms with E-state index in [1.807, 2.05) is 0 Å². The van der Waals surface area contributed by atoms with Crippen LogP contribution in [0.25, 0.3) is 0 Å². The molecule has 1 aliphatic rings. The smallest absolute Gasteiger partial charge is 0.185 e. The number of rotatable bonds is 3. The first-order chi connectivity index (χ1) is 8.18. The van der Waals surface area contributed by atoms with Crippen LogP contribution in [0.1, 0.15) is 55.1 Å². The van der Waals surface area contributed by atoms with Crippen LogP contribution in [0.3, 0.4) is 0 Å². The van der Waals surface area contributed by atoms with Crippen LogP contribution in [-0.4, -0.2) is 23.9 Å². The molecule has 4 heteroatoms. The van der Waals surface area contributed by atoms with Crippen molar-refractivity contribution in [2.45, 2.75) is 51.5 Å². The van der Waals surface area contributed by atoms with Gasteiger partial charge in [0.15, 0.2) is 10.9 Å². The molecule has 0 atom stereocenters. The Labute approximate surface area is 107 Å². The van der Waals surface area contributed by atoms with Gasteiger partial charge >= 0.3 is 0 Å². The second kappa shape index (κ2) is 5.63. The summed E-state index contributed by atoms with van der Waals surface area (Å²) in [6, 6.07) is 0.600. The van der Waals surface area contributed by atoms with Gasteiger partial charge in [0.2, 0.25) is 0 Å². The van der Waals surface area contributed by atoms with E-state index in [2.05, 4.69) is 16.9 Å². The molecule has 3 nitrogen and oxygen atoms in total. The number of hydrogen-bond acceptors (Lipinski definition) is 4. The monoisotopic (exact) mass is 252 g/mol. The molecule has 1 aromatic heterocycles. The molecular formula is C13H20N2OS. The van der Waals surface area contributed by atoms with Crippen LogP contribution >= 0.6 is 11.3 Å². The summed E-state index contributed by atoms with van der Waals surface area (Å²) in [5.74, 6) is 0.114. The Balaban J connectivity index is 2.06. The summed E-state index contributed by atoms with van der Waals surface area (Å²) in [6.07, 6.45) is 9.58. The number of aromatic nitrogens is 1. The molecule has 1 aromatic rings. The summed E-state index contributed by atoms with van der Waals surface area (Å²) < 4.78 is 0. The van der Waals surface area contributed by atoms with Gasteiger partial charge < -0.3 is 4.90 Å². The molecular weight excluding hydrogens is 232 g/mol. The predicted molar refractivity (Wildman–Crippen MR) is 72.0 cm³/mol. The van der Waals surface area contributed by atoms with Gasteiger partial charge in [0.25, 0.3) is 0 Å². The van der Waals surface area contributed by atoms with E-state index in [0.29, 0.717) is 6.04 Å². The van der Waals surface area contributed by atoms with Gasteiger partial charge in [-0.05, 0) is 12.8 Å². The standard InChI is InChI=1S/C13H20N2OS/c1-10(16)12-9-14-13(17-12)15(2)11-7-5-3-4-6-8-11/h9,11H,3-8H2,1-2H3. The number of Topliss-reactive ketones (excluding diaryl/α,β-unsaturated/α-hetero) is 1. The molecule has 94 valence electrons. The molecule has 1 aliphatic carbocycles. The molecule has 0 bridgehead atoms. The van der Waals surface area contributed by atoms with Crippen molar-refractivity contribution in [2.24, 2.45) is 0 Å². The van der Waals surface area contributed by atoms with Gasteiger partial charge in [-0.2, -0.15) is 0 Å². The maximum Gasteiger partial charge on any atom is 0.185 e. The number of ketones is 1. The van der Waals surface area contributed by atoms with Crippen LogP contribution < -0.4 is 4.90 Å². The summed E-state index contributed by atoms with van der Waals surface area (Å²) in [7, 11) is 2.11. The number of carbonyl (C=O) groups is 1. The van der Waals surface area contributed by atoms with Crippen LogP contribution in [0.5, 0.6) is 0 Å². The van der Waals surface area contributed by atoms with Gasteiger partial charge in [-0.25, -0.2) is 4.98 Å². The Hall–Kier alpha value is -0.900. The molecule has 1 saturated carbocycles. The molecule has 1 heterocycles. The fourth-order valence-corrected chi connectivity index (χ4v) is 3.24. The quantitative estimate of drug-likeness (QED) is 0.609. The van der Waals surface area contributed by atoms with E-state index in [9.17, 15) is 4.79 Å². The van der Waals surface area contributed by atoms with Gasteiger partial charge in [-0.3, -0.25) is 4.79 Å². The first-order valence-electron chi connectivity index (χ1n) is 6.38. The third-order valence-electron chi connectivity index (χ3n) is 3.51. The number of hydrogen-bond donors (Lipinski definition) is 0. The Bertz CT molecular complexity index is 381. The molecule has 0 amide bonds. The molecule has 0 unspecified atom stereocenters. The van der Waals surface area contributed by atoms with Crippen LogP contribution in [0.2, 0.25) is 0 Å². The Kier molecular flexibility index (Phi) is 4.15. The van der Waals surface area contributed by atoms with E-state index in [-0.39, 0.29) is 5.78 Å². The fraction of sp³-hybridized carbons (Fsp3) is 0.692. The topological polar surface area (TPSA) is 33.2 Å². The van der Waals surface area contributed by atoms with Crippen molar-refractivity contribution in [1.29, 1.82) is 0 Å².